The lowest BCUT2D eigenvalue weighted by Crippen LogP contribution is -2.23. The number of amides is 1. The van der Waals surface area contributed by atoms with Crippen LogP contribution in [0.5, 0.6) is 5.75 Å². The molecule has 1 fully saturated rings. The van der Waals surface area contributed by atoms with E-state index in [-0.39, 0.29) is 5.91 Å². The lowest BCUT2D eigenvalue weighted by atomic mass is 10.1. The first-order valence-corrected chi connectivity index (χ1v) is 8.55. The number of hydrogen-bond acceptors (Lipinski definition) is 3. The zero-order valence-electron chi connectivity index (χ0n) is 14.2. The Morgan fingerprint density at radius 2 is 1.92 bits per heavy atom. The van der Waals surface area contributed by atoms with Crippen molar-refractivity contribution < 1.29 is 9.53 Å². The number of ether oxygens (including phenoxy) is 1. The number of carbonyl (C=O) groups excluding carboxylic acids is 1. The number of fused-ring (bicyclic) bond motifs is 1. The molecule has 4 heteroatoms. The van der Waals surface area contributed by atoms with Gasteiger partial charge in [-0.05, 0) is 42.7 Å². The van der Waals surface area contributed by atoms with Crippen molar-refractivity contribution in [3.8, 4) is 5.75 Å². The first kappa shape index (κ1) is 15.6. The van der Waals surface area contributed by atoms with Gasteiger partial charge in [0.05, 0.1) is 18.2 Å². The van der Waals surface area contributed by atoms with Crippen molar-refractivity contribution in [3.05, 3.63) is 71.4 Å². The van der Waals surface area contributed by atoms with Gasteiger partial charge in [-0.2, -0.15) is 0 Å². The lowest BCUT2D eigenvalue weighted by molar-refractivity contribution is 0.0952. The number of para-hydroxylation sites is 1. The van der Waals surface area contributed by atoms with Crippen LogP contribution >= 0.6 is 0 Å². The second-order valence-corrected chi connectivity index (χ2v) is 6.42. The zero-order chi connectivity index (χ0) is 17.2. The molecule has 126 valence electrons. The third-order valence-electron chi connectivity index (χ3n) is 4.59. The van der Waals surface area contributed by atoms with Crippen LogP contribution in [0.25, 0.3) is 10.9 Å². The van der Waals surface area contributed by atoms with E-state index in [0.29, 0.717) is 18.0 Å². The van der Waals surface area contributed by atoms with Gasteiger partial charge in [0, 0.05) is 23.5 Å². The molecule has 0 unspecified atom stereocenters. The molecule has 4 nitrogen and oxygen atoms in total. The fourth-order valence-corrected chi connectivity index (χ4v) is 2.99. The molecule has 1 amide bonds. The Kier molecular flexibility index (Phi) is 4.10. The van der Waals surface area contributed by atoms with Crippen molar-refractivity contribution in [2.75, 3.05) is 7.11 Å². The van der Waals surface area contributed by atoms with E-state index in [0.717, 1.165) is 40.8 Å². The van der Waals surface area contributed by atoms with Gasteiger partial charge in [0.15, 0.2) is 0 Å². The second-order valence-electron chi connectivity index (χ2n) is 6.42. The molecule has 2 aromatic carbocycles. The van der Waals surface area contributed by atoms with Crippen LogP contribution < -0.4 is 10.1 Å². The smallest absolute Gasteiger partial charge is 0.252 e. The van der Waals surface area contributed by atoms with Gasteiger partial charge in [-0.15, -0.1) is 0 Å². The number of nitrogens with one attached hydrogen (secondary N) is 1. The van der Waals surface area contributed by atoms with Gasteiger partial charge < -0.3 is 10.1 Å². The monoisotopic (exact) mass is 332 g/mol. The van der Waals surface area contributed by atoms with E-state index >= 15 is 0 Å². The number of pyridine rings is 1. The molecule has 1 saturated carbocycles. The van der Waals surface area contributed by atoms with Crippen molar-refractivity contribution in [2.24, 2.45) is 0 Å². The summed E-state index contributed by atoms with van der Waals surface area (Å²) < 4.78 is 5.16. The third-order valence-corrected chi connectivity index (χ3v) is 4.59. The van der Waals surface area contributed by atoms with Crippen LogP contribution in [0.1, 0.15) is 40.4 Å². The summed E-state index contributed by atoms with van der Waals surface area (Å²) in [5, 5.41) is 3.93. The Hall–Kier alpha value is -2.88. The number of nitrogens with zero attached hydrogens (tertiary/aromatic N) is 1. The molecule has 4 rings (SSSR count). The normalized spacial score (nSPS) is 13.6. The van der Waals surface area contributed by atoms with E-state index in [4.69, 9.17) is 9.72 Å². The summed E-state index contributed by atoms with van der Waals surface area (Å²) >= 11 is 0. The number of methoxy groups -OCH3 is 1. The number of hydrogen-bond donors (Lipinski definition) is 1. The van der Waals surface area contributed by atoms with E-state index in [1.54, 1.807) is 7.11 Å². The summed E-state index contributed by atoms with van der Waals surface area (Å²) in [4.78, 5) is 17.5. The van der Waals surface area contributed by atoms with Crippen molar-refractivity contribution >= 4 is 16.8 Å². The van der Waals surface area contributed by atoms with Crippen LogP contribution in [-0.4, -0.2) is 18.0 Å². The summed E-state index contributed by atoms with van der Waals surface area (Å²) in [6.07, 6.45) is 2.33. The molecule has 1 aliphatic rings. The van der Waals surface area contributed by atoms with Crippen LogP contribution in [0, 0.1) is 0 Å². The van der Waals surface area contributed by atoms with E-state index in [2.05, 4.69) is 5.32 Å². The maximum atomic E-state index is 12.8. The summed E-state index contributed by atoms with van der Waals surface area (Å²) in [6.45, 7) is 0.484. The molecule has 0 aliphatic heterocycles. The molecule has 0 spiro atoms. The Morgan fingerprint density at radius 3 is 2.64 bits per heavy atom. The molecular weight excluding hydrogens is 312 g/mol. The quantitative estimate of drug-likeness (QED) is 0.767. The Labute approximate surface area is 146 Å². The Morgan fingerprint density at radius 1 is 1.16 bits per heavy atom. The summed E-state index contributed by atoms with van der Waals surface area (Å²) in [5.74, 6) is 1.26. The zero-order valence-corrected chi connectivity index (χ0v) is 14.2. The topological polar surface area (TPSA) is 51.2 Å². The molecule has 0 saturated heterocycles. The van der Waals surface area contributed by atoms with E-state index in [1.807, 2.05) is 54.6 Å². The highest BCUT2D eigenvalue weighted by atomic mass is 16.5. The largest absolute Gasteiger partial charge is 0.497 e. The lowest BCUT2D eigenvalue weighted by Gasteiger charge is -2.10. The van der Waals surface area contributed by atoms with Crippen LogP contribution in [0.15, 0.2) is 54.6 Å². The number of benzene rings is 2. The van der Waals surface area contributed by atoms with E-state index < -0.39 is 0 Å². The standard InChI is InChI=1S/C21H20N2O2/c1-25-16-10-6-14(7-11-16)13-22-21(24)18-12-20(15-8-9-15)23-19-5-3-2-4-17(18)19/h2-7,10-12,15H,8-9,13H2,1H3,(H,22,24). The molecule has 3 aromatic rings. The molecule has 1 N–H and O–H groups in total. The number of rotatable bonds is 5. The predicted octanol–water partition coefficient (Wildman–Crippen LogP) is 4.05. The minimum absolute atomic E-state index is 0.0590. The fourth-order valence-electron chi connectivity index (χ4n) is 2.99. The second kappa shape index (κ2) is 6.55. The third kappa shape index (κ3) is 3.33. The molecule has 1 aromatic heterocycles. The first-order valence-electron chi connectivity index (χ1n) is 8.55. The predicted molar refractivity (Wildman–Crippen MR) is 97.9 cm³/mol. The number of aromatic nitrogens is 1. The Balaban J connectivity index is 1.58. The van der Waals surface area contributed by atoms with Gasteiger partial charge in [0.25, 0.3) is 5.91 Å². The summed E-state index contributed by atoms with van der Waals surface area (Å²) in [6, 6.07) is 17.5. The summed E-state index contributed by atoms with van der Waals surface area (Å²) in [7, 11) is 1.64. The van der Waals surface area contributed by atoms with Crippen molar-refractivity contribution in [1.29, 1.82) is 0 Å². The fraction of sp³-hybridized carbons (Fsp3) is 0.238. The molecule has 0 atom stereocenters. The van der Waals surface area contributed by atoms with Gasteiger partial charge in [-0.3, -0.25) is 9.78 Å². The van der Waals surface area contributed by atoms with Crippen LogP contribution in [0.4, 0.5) is 0 Å². The first-order chi connectivity index (χ1) is 12.2. The van der Waals surface area contributed by atoms with E-state index in [9.17, 15) is 4.79 Å². The highest BCUT2D eigenvalue weighted by molar-refractivity contribution is 6.06. The van der Waals surface area contributed by atoms with Gasteiger partial charge in [-0.25, -0.2) is 0 Å². The van der Waals surface area contributed by atoms with Crippen LogP contribution in [-0.2, 0) is 6.54 Å². The number of carbonyl (C=O) groups is 1. The van der Waals surface area contributed by atoms with Crippen LogP contribution in [0.3, 0.4) is 0 Å². The highest BCUT2D eigenvalue weighted by Gasteiger charge is 2.26. The van der Waals surface area contributed by atoms with Gasteiger partial charge >= 0.3 is 0 Å². The molecule has 1 aliphatic carbocycles. The maximum Gasteiger partial charge on any atom is 0.252 e. The van der Waals surface area contributed by atoms with Gasteiger partial charge in [-0.1, -0.05) is 30.3 Å². The average Bonchev–Trinajstić information content (AvgIpc) is 3.51. The molecule has 0 bridgehead atoms. The van der Waals surface area contributed by atoms with Crippen LogP contribution in [0.2, 0.25) is 0 Å². The van der Waals surface area contributed by atoms with Gasteiger partial charge in [0.2, 0.25) is 0 Å². The molecule has 25 heavy (non-hydrogen) atoms. The van der Waals surface area contributed by atoms with Crippen molar-refractivity contribution in [2.45, 2.75) is 25.3 Å². The molecule has 1 heterocycles. The molecule has 0 radical (unpaired) electrons. The maximum absolute atomic E-state index is 12.8. The SMILES string of the molecule is COc1ccc(CNC(=O)c2cc(C3CC3)nc3ccccc23)cc1. The minimum Gasteiger partial charge on any atom is -0.497 e. The highest BCUT2D eigenvalue weighted by Crippen LogP contribution is 2.40. The average molecular weight is 332 g/mol. The van der Waals surface area contributed by atoms with Crippen molar-refractivity contribution in [1.82, 2.24) is 10.3 Å². The van der Waals surface area contributed by atoms with Gasteiger partial charge in [0.1, 0.15) is 5.75 Å². The Bertz CT molecular complexity index is 915. The van der Waals surface area contributed by atoms with Crippen molar-refractivity contribution in [3.63, 3.8) is 0 Å². The minimum atomic E-state index is -0.0590. The summed E-state index contributed by atoms with van der Waals surface area (Å²) in [5.41, 5.74) is 3.67. The van der Waals surface area contributed by atoms with E-state index in [1.165, 1.54) is 0 Å². The molecular formula is C21H20N2O2.